The summed E-state index contributed by atoms with van der Waals surface area (Å²) in [6.45, 7) is 7.58. The number of rotatable bonds is 5. The number of hydrogen-bond donors (Lipinski definition) is 1. The van der Waals surface area contributed by atoms with Crippen molar-refractivity contribution in [1.82, 2.24) is 10.1 Å². The van der Waals surface area contributed by atoms with E-state index in [-0.39, 0.29) is 11.8 Å². The second kappa shape index (κ2) is 6.60. The van der Waals surface area contributed by atoms with Crippen LogP contribution in [0.2, 0.25) is 0 Å². The third kappa shape index (κ3) is 3.44. The predicted octanol–water partition coefficient (Wildman–Crippen LogP) is 3.14. The summed E-state index contributed by atoms with van der Waals surface area (Å²) in [4.78, 5) is 16.6. The molecule has 0 aliphatic rings. The van der Waals surface area contributed by atoms with Crippen molar-refractivity contribution < 1.29 is 14.1 Å². The minimum absolute atomic E-state index is 0.0158. The van der Waals surface area contributed by atoms with Gasteiger partial charge in [0.05, 0.1) is 12.8 Å². The van der Waals surface area contributed by atoms with Crippen molar-refractivity contribution in [3.8, 4) is 5.75 Å². The minimum Gasteiger partial charge on any atom is -0.493 e. The summed E-state index contributed by atoms with van der Waals surface area (Å²) in [5.74, 6) is 1.64. The van der Waals surface area contributed by atoms with Gasteiger partial charge in [0.15, 0.2) is 11.6 Å². The average Bonchev–Trinajstić information content (AvgIpc) is 2.78. The van der Waals surface area contributed by atoms with E-state index in [1.54, 1.807) is 13.2 Å². The Morgan fingerprint density at radius 3 is 2.68 bits per heavy atom. The maximum absolute atomic E-state index is 12.3. The number of nitrogens with one attached hydrogen (secondary N) is 1. The molecular formula is C16H21N3O3. The molecule has 2 aromatic rings. The van der Waals surface area contributed by atoms with Crippen LogP contribution in [-0.2, 0) is 4.79 Å². The first-order valence-electron chi connectivity index (χ1n) is 7.16. The third-order valence-electron chi connectivity index (χ3n) is 3.55. The molecule has 2 rings (SSSR count). The number of ether oxygens (including phenoxy) is 1. The maximum Gasteiger partial charge on any atom is 0.226 e. The molecule has 0 spiro atoms. The highest BCUT2D eigenvalue weighted by Gasteiger charge is 2.20. The number of aromatic nitrogens is 2. The molecule has 6 nitrogen and oxygen atoms in total. The standard InChI is InChI=1S/C16H21N3O3/c1-9(15-11(3)19-22-12(15)4)8-14(20)18-16-13(21-5)7-6-10(2)17-16/h6-7,9H,8H2,1-5H3,(H,17,18,20). The fourth-order valence-corrected chi connectivity index (χ4v) is 2.56. The molecule has 0 radical (unpaired) electrons. The molecule has 2 aromatic heterocycles. The third-order valence-corrected chi connectivity index (χ3v) is 3.55. The first-order valence-corrected chi connectivity index (χ1v) is 7.16. The lowest BCUT2D eigenvalue weighted by Gasteiger charge is -2.13. The second-order valence-electron chi connectivity index (χ2n) is 5.39. The van der Waals surface area contributed by atoms with E-state index in [1.165, 1.54) is 0 Å². The van der Waals surface area contributed by atoms with Crippen LogP contribution in [-0.4, -0.2) is 23.2 Å². The highest BCUT2D eigenvalue weighted by Crippen LogP contribution is 2.27. The van der Waals surface area contributed by atoms with Gasteiger partial charge in [0.1, 0.15) is 5.76 Å². The zero-order chi connectivity index (χ0) is 16.3. The van der Waals surface area contributed by atoms with E-state index in [9.17, 15) is 4.79 Å². The molecule has 0 aromatic carbocycles. The predicted molar refractivity (Wildman–Crippen MR) is 83.2 cm³/mol. The Morgan fingerprint density at radius 1 is 1.36 bits per heavy atom. The lowest BCUT2D eigenvalue weighted by atomic mass is 9.96. The number of hydrogen-bond acceptors (Lipinski definition) is 5. The number of pyridine rings is 1. The number of aryl methyl sites for hydroxylation is 3. The van der Waals surface area contributed by atoms with E-state index < -0.39 is 0 Å². The number of nitrogens with zero attached hydrogens (tertiary/aromatic N) is 2. The quantitative estimate of drug-likeness (QED) is 0.918. The lowest BCUT2D eigenvalue weighted by Crippen LogP contribution is -2.16. The van der Waals surface area contributed by atoms with Gasteiger partial charge >= 0.3 is 0 Å². The summed E-state index contributed by atoms with van der Waals surface area (Å²) in [6.07, 6.45) is 0.321. The first kappa shape index (κ1) is 16.0. The van der Waals surface area contributed by atoms with Crippen molar-refractivity contribution >= 4 is 11.7 Å². The van der Waals surface area contributed by atoms with E-state index in [1.807, 2.05) is 33.8 Å². The van der Waals surface area contributed by atoms with Gasteiger partial charge in [0.25, 0.3) is 0 Å². The molecule has 0 fully saturated rings. The lowest BCUT2D eigenvalue weighted by molar-refractivity contribution is -0.116. The Balaban J connectivity index is 2.09. The van der Waals surface area contributed by atoms with Crippen molar-refractivity contribution in [3.63, 3.8) is 0 Å². The van der Waals surface area contributed by atoms with E-state index in [0.29, 0.717) is 18.0 Å². The van der Waals surface area contributed by atoms with Crippen LogP contribution in [0.15, 0.2) is 16.7 Å². The molecule has 1 unspecified atom stereocenters. The highest BCUT2D eigenvalue weighted by atomic mass is 16.5. The van der Waals surface area contributed by atoms with Crippen LogP contribution < -0.4 is 10.1 Å². The Hall–Kier alpha value is -2.37. The van der Waals surface area contributed by atoms with Gasteiger partial charge in [-0.2, -0.15) is 0 Å². The van der Waals surface area contributed by atoms with Gasteiger partial charge in [-0.15, -0.1) is 0 Å². The summed E-state index contributed by atoms with van der Waals surface area (Å²) in [5, 5.41) is 6.74. The molecule has 0 saturated carbocycles. The summed E-state index contributed by atoms with van der Waals surface area (Å²) < 4.78 is 10.4. The van der Waals surface area contributed by atoms with Crippen molar-refractivity contribution in [2.75, 3.05) is 12.4 Å². The van der Waals surface area contributed by atoms with Gasteiger partial charge in [0.2, 0.25) is 5.91 Å². The first-order chi connectivity index (χ1) is 10.4. The van der Waals surface area contributed by atoms with Crippen LogP contribution in [0, 0.1) is 20.8 Å². The zero-order valence-electron chi connectivity index (χ0n) is 13.6. The van der Waals surface area contributed by atoms with Crippen molar-refractivity contribution in [1.29, 1.82) is 0 Å². The van der Waals surface area contributed by atoms with Crippen LogP contribution in [0.25, 0.3) is 0 Å². The summed E-state index contributed by atoms with van der Waals surface area (Å²) in [5.41, 5.74) is 2.62. The maximum atomic E-state index is 12.3. The Kier molecular flexibility index (Phi) is 4.80. The molecular weight excluding hydrogens is 282 g/mol. The summed E-state index contributed by atoms with van der Waals surface area (Å²) >= 11 is 0. The minimum atomic E-state index is -0.121. The van der Waals surface area contributed by atoms with Crippen molar-refractivity contribution in [3.05, 3.63) is 34.8 Å². The van der Waals surface area contributed by atoms with Gasteiger partial charge in [-0.05, 0) is 38.8 Å². The van der Waals surface area contributed by atoms with Crippen LogP contribution in [0.5, 0.6) is 5.75 Å². The number of methoxy groups -OCH3 is 1. The van der Waals surface area contributed by atoms with Crippen LogP contribution in [0.1, 0.15) is 42.0 Å². The molecule has 0 aliphatic carbocycles. The fourth-order valence-electron chi connectivity index (χ4n) is 2.56. The summed E-state index contributed by atoms with van der Waals surface area (Å²) in [6, 6.07) is 3.62. The van der Waals surface area contributed by atoms with E-state index >= 15 is 0 Å². The smallest absolute Gasteiger partial charge is 0.226 e. The Bertz CT molecular complexity index is 660. The monoisotopic (exact) mass is 303 g/mol. The normalized spacial score (nSPS) is 12.0. The molecule has 118 valence electrons. The fraction of sp³-hybridized carbons (Fsp3) is 0.438. The second-order valence-corrected chi connectivity index (χ2v) is 5.39. The molecule has 6 heteroatoms. The molecule has 0 saturated heterocycles. The van der Waals surface area contributed by atoms with Crippen molar-refractivity contribution in [2.45, 2.75) is 40.0 Å². The average molecular weight is 303 g/mol. The van der Waals surface area contributed by atoms with E-state index in [4.69, 9.17) is 9.26 Å². The van der Waals surface area contributed by atoms with E-state index in [0.717, 1.165) is 22.7 Å². The Labute approximate surface area is 129 Å². The number of carbonyl (C=O) groups is 1. The number of amides is 1. The van der Waals surface area contributed by atoms with Crippen LogP contribution in [0.3, 0.4) is 0 Å². The van der Waals surface area contributed by atoms with E-state index in [2.05, 4.69) is 15.5 Å². The number of anilines is 1. The molecule has 22 heavy (non-hydrogen) atoms. The molecule has 2 heterocycles. The summed E-state index contributed by atoms with van der Waals surface area (Å²) in [7, 11) is 1.55. The molecule has 0 aliphatic heterocycles. The SMILES string of the molecule is COc1ccc(C)nc1NC(=O)CC(C)c1c(C)noc1C. The van der Waals surface area contributed by atoms with Gasteiger partial charge in [-0.3, -0.25) is 4.79 Å². The van der Waals surface area contributed by atoms with Gasteiger partial charge in [0, 0.05) is 17.7 Å². The molecule has 1 amide bonds. The van der Waals surface area contributed by atoms with Crippen LogP contribution >= 0.6 is 0 Å². The zero-order valence-corrected chi connectivity index (χ0v) is 13.6. The number of carbonyl (C=O) groups excluding carboxylic acids is 1. The largest absolute Gasteiger partial charge is 0.493 e. The molecule has 0 bridgehead atoms. The van der Waals surface area contributed by atoms with Gasteiger partial charge < -0.3 is 14.6 Å². The van der Waals surface area contributed by atoms with Crippen molar-refractivity contribution in [2.24, 2.45) is 0 Å². The molecule has 1 atom stereocenters. The Morgan fingerprint density at radius 2 is 2.09 bits per heavy atom. The topological polar surface area (TPSA) is 77.2 Å². The highest BCUT2D eigenvalue weighted by molar-refractivity contribution is 5.91. The molecule has 1 N–H and O–H groups in total. The van der Waals surface area contributed by atoms with Crippen LogP contribution in [0.4, 0.5) is 5.82 Å². The van der Waals surface area contributed by atoms with Gasteiger partial charge in [-0.1, -0.05) is 12.1 Å². The van der Waals surface area contributed by atoms with Gasteiger partial charge in [-0.25, -0.2) is 4.98 Å².